The van der Waals surface area contributed by atoms with E-state index in [2.05, 4.69) is 5.32 Å². The highest BCUT2D eigenvalue weighted by Crippen LogP contribution is 2.25. The lowest BCUT2D eigenvalue weighted by molar-refractivity contribution is -0.120. The Morgan fingerprint density at radius 2 is 2.16 bits per heavy atom. The highest BCUT2D eigenvalue weighted by Gasteiger charge is 2.23. The molecule has 0 aliphatic heterocycles. The van der Waals surface area contributed by atoms with Crippen LogP contribution in [0.5, 0.6) is 0 Å². The van der Waals surface area contributed by atoms with Crippen LogP contribution in [0.15, 0.2) is 11.4 Å². The molecule has 1 heterocycles. The van der Waals surface area contributed by atoms with E-state index in [9.17, 15) is 9.59 Å². The fourth-order valence-corrected chi connectivity index (χ4v) is 2.44. The van der Waals surface area contributed by atoms with Gasteiger partial charge in [0, 0.05) is 6.54 Å². The number of ether oxygens (including phenoxy) is 1. The van der Waals surface area contributed by atoms with Gasteiger partial charge in [0.05, 0.1) is 18.1 Å². The first-order valence-corrected chi connectivity index (χ1v) is 7.14. The monoisotopic (exact) mass is 284 g/mol. The van der Waals surface area contributed by atoms with E-state index in [1.54, 1.807) is 18.4 Å². The SMILES string of the molecule is CCOC(=O)c1ccsc1NC(=O)C(CN)C(C)C. The van der Waals surface area contributed by atoms with Gasteiger partial charge in [-0.3, -0.25) is 4.79 Å². The molecule has 5 nitrogen and oxygen atoms in total. The van der Waals surface area contributed by atoms with Gasteiger partial charge in [-0.15, -0.1) is 11.3 Å². The molecule has 1 aromatic heterocycles. The number of nitrogens with two attached hydrogens (primary N) is 1. The van der Waals surface area contributed by atoms with E-state index in [0.717, 1.165) is 0 Å². The second kappa shape index (κ2) is 7.25. The van der Waals surface area contributed by atoms with Crippen molar-refractivity contribution >= 4 is 28.2 Å². The lowest BCUT2D eigenvalue weighted by atomic mass is 9.95. The molecule has 0 saturated carbocycles. The predicted octanol–water partition coefficient (Wildman–Crippen LogP) is 2.09. The van der Waals surface area contributed by atoms with E-state index < -0.39 is 5.97 Å². The van der Waals surface area contributed by atoms with Gasteiger partial charge < -0.3 is 15.8 Å². The molecular weight excluding hydrogens is 264 g/mol. The minimum Gasteiger partial charge on any atom is -0.462 e. The van der Waals surface area contributed by atoms with Gasteiger partial charge in [-0.2, -0.15) is 0 Å². The zero-order valence-electron chi connectivity index (χ0n) is 11.4. The van der Waals surface area contributed by atoms with Crippen molar-refractivity contribution in [3.05, 3.63) is 17.0 Å². The summed E-state index contributed by atoms with van der Waals surface area (Å²) < 4.78 is 4.93. The van der Waals surface area contributed by atoms with Crippen molar-refractivity contribution in [3.63, 3.8) is 0 Å². The van der Waals surface area contributed by atoms with Crippen LogP contribution in [0.2, 0.25) is 0 Å². The maximum atomic E-state index is 12.1. The molecule has 106 valence electrons. The fourth-order valence-electron chi connectivity index (χ4n) is 1.66. The van der Waals surface area contributed by atoms with Gasteiger partial charge in [-0.05, 0) is 24.3 Å². The van der Waals surface area contributed by atoms with Crippen LogP contribution in [0.25, 0.3) is 0 Å². The van der Waals surface area contributed by atoms with Gasteiger partial charge >= 0.3 is 5.97 Å². The van der Waals surface area contributed by atoms with Crippen LogP contribution >= 0.6 is 11.3 Å². The van der Waals surface area contributed by atoms with Gasteiger partial charge in [-0.1, -0.05) is 13.8 Å². The number of amides is 1. The normalized spacial score (nSPS) is 12.3. The number of rotatable bonds is 6. The van der Waals surface area contributed by atoms with Crippen LogP contribution in [0.3, 0.4) is 0 Å². The maximum Gasteiger partial charge on any atom is 0.341 e. The van der Waals surface area contributed by atoms with Gasteiger partial charge in [0.15, 0.2) is 0 Å². The largest absolute Gasteiger partial charge is 0.462 e. The summed E-state index contributed by atoms with van der Waals surface area (Å²) in [5.74, 6) is -0.702. The predicted molar refractivity (Wildman–Crippen MR) is 76.3 cm³/mol. The van der Waals surface area contributed by atoms with Crippen molar-refractivity contribution in [1.82, 2.24) is 0 Å². The molecule has 1 unspecified atom stereocenters. The first-order chi connectivity index (χ1) is 9.01. The number of hydrogen-bond donors (Lipinski definition) is 2. The van der Waals surface area contributed by atoms with Gasteiger partial charge in [0.2, 0.25) is 5.91 Å². The molecule has 0 radical (unpaired) electrons. The third-order valence-electron chi connectivity index (χ3n) is 2.79. The molecule has 0 saturated heterocycles. The molecule has 0 aliphatic carbocycles. The molecule has 0 spiro atoms. The summed E-state index contributed by atoms with van der Waals surface area (Å²) >= 11 is 1.30. The quantitative estimate of drug-likeness (QED) is 0.784. The van der Waals surface area contributed by atoms with Gasteiger partial charge in [-0.25, -0.2) is 4.79 Å². The average molecular weight is 284 g/mol. The Hall–Kier alpha value is -1.40. The molecule has 1 atom stereocenters. The van der Waals surface area contributed by atoms with Crippen molar-refractivity contribution < 1.29 is 14.3 Å². The van der Waals surface area contributed by atoms with E-state index in [1.807, 2.05) is 13.8 Å². The van der Waals surface area contributed by atoms with E-state index in [-0.39, 0.29) is 24.3 Å². The Labute approximate surface area is 117 Å². The van der Waals surface area contributed by atoms with Crippen LogP contribution < -0.4 is 11.1 Å². The van der Waals surface area contributed by atoms with Crippen LogP contribution in [-0.4, -0.2) is 25.0 Å². The smallest absolute Gasteiger partial charge is 0.341 e. The van der Waals surface area contributed by atoms with E-state index >= 15 is 0 Å². The summed E-state index contributed by atoms with van der Waals surface area (Å²) in [6, 6.07) is 1.64. The minimum atomic E-state index is -0.423. The van der Waals surface area contributed by atoms with E-state index in [0.29, 0.717) is 17.2 Å². The molecule has 6 heteroatoms. The summed E-state index contributed by atoms with van der Waals surface area (Å²) in [5.41, 5.74) is 5.99. The maximum absolute atomic E-state index is 12.1. The topological polar surface area (TPSA) is 81.4 Å². The molecule has 19 heavy (non-hydrogen) atoms. The van der Waals surface area contributed by atoms with Crippen LogP contribution in [0, 0.1) is 11.8 Å². The molecule has 0 aromatic carbocycles. The standard InChI is InChI=1S/C13H20N2O3S/c1-4-18-13(17)9-5-6-19-12(9)15-11(16)10(7-14)8(2)3/h5-6,8,10H,4,7,14H2,1-3H3,(H,15,16). The number of esters is 1. The Kier molecular flexibility index (Phi) is 5.98. The zero-order chi connectivity index (χ0) is 14.4. The first-order valence-electron chi connectivity index (χ1n) is 6.26. The Morgan fingerprint density at radius 3 is 2.68 bits per heavy atom. The Balaban J connectivity index is 2.80. The summed E-state index contributed by atoms with van der Waals surface area (Å²) in [6.45, 7) is 6.21. The molecule has 0 fully saturated rings. The summed E-state index contributed by atoms with van der Waals surface area (Å²) in [7, 11) is 0. The number of anilines is 1. The number of thiophene rings is 1. The van der Waals surface area contributed by atoms with Crippen LogP contribution in [0.1, 0.15) is 31.1 Å². The molecule has 0 aliphatic rings. The highest BCUT2D eigenvalue weighted by atomic mass is 32.1. The summed E-state index contributed by atoms with van der Waals surface area (Å²) in [6.07, 6.45) is 0. The van der Waals surface area contributed by atoms with E-state index in [4.69, 9.17) is 10.5 Å². The van der Waals surface area contributed by atoms with Gasteiger partial charge in [0.1, 0.15) is 5.00 Å². The number of hydrogen-bond acceptors (Lipinski definition) is 5. The lowest BCUT2D eigenvalue weighted by Gasteiger charge is -2.18. The lowest BCUT2D eigenvalue weighted by Crippen LogP contribution is -2.33. The summed E-state index contributed by atoms with van der Waals surface area (Å²) in [5, 5.41) is 5.02. The Bertz CT molecular complexity index is 443. The van der Waals surface area contributed by atoms with Crippen molar-refractivity contribution in [2.75, 3.05) is 18.5 Å². The second-order valence-corrected chi connectivity index (χ2v) is 5.38. The fraction of sp³-hybridized carbons (Fsp3) is 0.538. The third-order valence-corrected chi connectivity index (χ3v) is 3.62. The van der Waals surface area contributed by atoms with Crippen molar-refractivity contribution in [1.29, 1.82) is 0 Å². The molecule has 1 amide bonds. The molecule has 1 aromatic rings. The number of carbonyl (C=O) groups is 2. The van der Waals surface area contributed by atoms with Crippen LogP contribution in [-0.2, 0) is 9.53 Å². The molecule has 1 rings (SSSR count). The van der Waals surface area contributed by atoms with Crippen molar-refractivity contribution in [2.45, 2.75) is 20.8 Å². The molecule has 3 N–H and O–H groups in total. The second-order valence-electron chi connectivity index (χ2n) is 4.46. The van der Waals surface area contributed by atoms with Crippen molar-refractivity contribution in [2.24, 2.45) is 17.6 Å². The molecular formula is C13H20N2O3S. The van der Waals surface area contributed by atoms with E-state index in [1.165, 1.54) is 11.3 Å². The zero-order valence-corrected chi connectivity index (χ0v) is 12.3. The van der Waals surface area contributed by atoms with Crippen molar-refractivity contribution in [3.8, 4) is 0 Å². The highest BCUT2D eigenvalue weighted by molar-refractivity contribution is 7.14. The number of carbonyl (C=O) groups excluding carboxylic acids is 2. The van der Waals surface area contributed by atoms with Crippen LogP contribution in [0.4, 0.5) is 5.00 Å². The Morgan fingerprint density at radius 1 is 1.47 bits per heavy atom. The number of nitrogens with one attached hydrogen (secondary N) is 1. The summed E-state index contributed by atoms with van der Waals surface area (Å²) in [4.78, 5) is 23.8. The molecule has 0 bridgehead atoms. The van der Waals surface area contributed by atoms with Gasteiger partial charge in [0.25, 0.3) is 0 Å². The average Bonchev–Trinajstić information content (AvgIpc) is 2.77. The minimum absolute atomic E-state index is 0.149. The first kappa shape index (κ1) is 15.7. The third kappa shape index (κ3) is 4.04.